The average molecular weight is 389 g/mol. The van der Waals surface area contributed by atoms with Crippen LogP contribution in [-0.4, -0.2) is 63.6 Å². The molecule has 1 fully saturated rings. The number of aromatic nitrogens is 2. The second-order valence-corrected chi connectivity index (χ2v) is 7.97. The van der Waals surface area contributed by atoms with Crippen LogP contribution in [0.25, 0.3) is 11.0 Å². The summed E-state index contributed by atoms with van der Waals surface area (Å²) in [6.07, 6.45) is 0. The molecule has 0 N–H and O–H groups in total. The average Bonchev–Trinajstić information content (AvgIpc) is 2.67. The van der Waals surface area contributed by atoms with Gasteiger partial charge in [0.2, 0.25) is 5.91 Å². The van der Waals surface area contributed by atoms with Gasteiger partial charge in [0.1, 0.15) is 0 Å². The molecule has 0 radical (unpaired) electrons. The van der Waals surface area contributed by atoms with Crippen LogP contribution in [0, 0.1) is 19.3 Å². The molecule has 1 aliphatic heterocycles. The van der Waals surface area contributed by atoms with E-state index in [0.29, 0.717) is 31.7 Å². The Morgan fingerprint density at radius 3 is 2.15 bits per heavy atom. The lowest BCUT2D eigenvalue weighted by molar-refractivity contribution is -0.140. The summed E-state index contributed by atoms with van der Waals surface area (Å²) in [6, 6.07) is 5.43. The molecule has 0 unspecified atom stereocenters. The van der Waals surface area contributed by atoms with E-state index in [4.69, 9.17) is 11.6 Å². The number of fused-ring (bicyclic) bond motifs is 1. The summed E-state index contributed by atoms with van der Waals surface area (Å²) in [4.78, 5) is 38.0. The third-order valence-electron chi connectivity index (χ3n) is 5.09. The Balaban J connectivity index is 1.72. The predicted octanol–water partition coefficient (Wildman–Crippen LogP) is 2.80. The monoisotopic (exact) mass is 388 g/mol. The summed E-state index contributed by atoms with van der Waals surface area (Å²) < 4.78 is 0. The second kappa shape index (κ2) is 7.43. The van der Waals surface area contributed by atoms with Gasteiger partial charge in [-0.25, -0.2) is 9.97 Å². The first-order chi connectivity index (χ1) is 12.7. The number of amides is 2. The number of carbonyl (C=O) groups is 2. The Morgan fingerprint density at radius 1 is 1.00 bits per heavy atom. The number of alkyl halides is 1. The number of hydrogen-bond acceptors (Lipinski definition) is 4. The van der Waals surface area contributed by atoms with Crippen LogP contribution < -0.4 is 0 Å². The van der Waals surface area contributed by atoms with Gasteiger partial charge in [0.25, 0.3) is 5.91 Å². The molecule has 2 aromatic rings. The third-order valence-corrected chi connectivity index (χ3v) is 5.76. The number of hydrogen-bond donors (Lipinski definition) is 0. The molecule has 0 bridgehead atoms. The fourth-order valence-corrected chi connectivity index (χ4v) is 3.26. The molecule has 6 nitrogen and oxygen atoms in total. The number of rotatable bonds is 3. The van der Waals surface area contributed by atoms with Crippen LogP contribution in [0.3, 0.4) is 0 Å². The fraction of sp³-hybridized carbons (Fsp3) is 0.500. The van der Waals surface area contributed by atoms with E-state index in [0.717, 1.165) is 22.4 Å². The normalized spacial score (nSPS) is 15.3. The highest BCUT2D eigenvalue weighted by molar-refractivity contribution is 6.19. The molecule has 0 spiro atoms. The SMILES string of the molecule is Cc1nc2ccc(C(=O)N3CCN(C(=O)C(C)(C)CCl)CC3)cc2nc1C. The number of piperazine rings is 1. The van der Waals surface area contributed by atoms with Crippen molar-refractivity contribution in [1.82, 2.24) is 19.8 Å². The van der Waals surface area contributed by atoms with Gasteiger partial charge in [0.15, 0.2) is 0 Å². The van der Waals surface area contributed by atoms with Crippen molar-refractivity contribution in [3.63, 3.8) is 0 Å². The van der Waals surface area contributed by atoms with Crippen molar-refractivity contribution < 1.29 is 9.59 Å². The van der Waals surface area contributed by atoms with Crippen LogP contribution in [0.15, 0.2) is 18.2 Å². The van der Waals surface area contributed by atoms with Crippen molar-refractivity contribution in [2.45, 2.75) is 27.7 Å². The third kappa shape index (κ3) is 3.90. The first-order valence-corrected chi connectivity index (χ1v) is 9.66. The van der Waals surface area contributed by atoms with Crippen LogP contribution in [0.5, 0.6) is 0 Å². The van der Waals surface area contributed by atoms with Crippen LogP contribution >= 0.6 is 11.6 Å². The zero-order valence-corrected chi connectivity index (χ0v) is 17.0. The first kappa shape index (κ1) is 19.5. The summed E-state index contributed by atoms with van der Waals surface area (Å²) in [6.45, 7) is 9.60. The topological polar surface area (TPSA) is 66.4 Å². The zero-order valence-electron chi connectivity index (χ0n) is 16.3. The molecule has 1 aromatic carbocycles. The minimum Gasteiger partial charge on any atom is -0.339 e. The molecule has 144 valence electrons. The highest BCUT2D eigenvalue weighted by Crippen LogP contribution is 2.22. The molecule has 2 heterocycles. The number of benzene rings is 1. The molecule has 2 amide bonds. The molecular formula is C20H25ClN4O2. The van der Waals surface area contributed by atoms with Gasteiger partial charge in [0, 0.05) is 37.6 Å². The van der Waals surface area contributed by atoms with Gasteiger partial charge < -0.3 is 9.80 Å². The van der Waals surface area contributed by atoms with Crippen molar-refractivity contribution in [2.24, 2.45) is 5.41 Å². The summed E-state index contributed by atoms with van der Waals surface area (Å²) in [7, 11) is 0. The standard InChI is InChI=1S/C20H25ClN4O2/c1-13-14(2)23-17-11-15(5-6-16(17)22-13)18(26)24-7-9-25(10-8-24)19(27)20(3,4)12-21/h5-6,11H,7-10,12H2,1-4H3. The Hall–Kier alpha value is -2.21. The lowest BCUT2D eigenvalue weighted by Gasteiger charge is -2.38. The molecule has 1 aromatic heterocycles. The summed E-state index contributed by atoms with van der Waals surface area (Å²) in [5, 5.41) is 0. The minimum atomic E-state index is -0.583. The van der Waals surface area contributed by atoms with E-state index in [1.54, 1.807) is 21.9 Å². The maximum Gasteiger partial charge on any atom is 0.254 e. The maximum atomic E-state index is 12.9. The van der Waals surface area contributed by atoms with Gasteiger partial charge in [-0.05, 0) is 45.9 Å². The number of halogens is 1. The van der Waals surface area contributed by atoms with E-state index in [-0.39, 0.29) is 17.7 Å². The Kier molecular flexibility index (Phi) is 5.38. The second-order valence-electron chi connectivity index (χ2n) is 7.70. The van der Waals surface area contributed by atoms with Crippen molar-refractivity contribution in [3.8, 4) is 0 Å². The minimum absolute atomic E-state index is 0.0384. The molecule has 7 heteroatoms. The van der Waals surface area contributed by atoms with Crippen molar-refractivity contribution >= 4 is 34.4 Å². The van der Waals surface area contributed by atoms with Gasteiger partial charge >= 0.3 is 0 Å². The van der Waals surface area contributed by atoms with Crippen LogP contribution in [-0.2, 0) is 4.79 Å². The fourth-order valence-electron chi connectivity index (χ4n) is 3.14. The zero-order chi connectivity index (χ0) is 19.8. The van der Waals surface area contributed by atoms with E-state index in [9.17, 15) is 9.59 Å². The molecular weight excluding hydrogens is 364 g/mol. The van der Waals surface area contributed by atoms with Gasteiger partial charge in [0.05, 0.1) is 27.8 Å². The van der Waals surface area contributed by atoms with Gasteiger partial charge in [-0.2, -0.15) is 0 Å². The first-order valence-electron chi connectivity index (χ1n) is 9.12. The van der Waals surface area contributed by atoms with E-state index in [2.05, 4.69) is 9.97 Å². The largest absolute Gasteiger partial charge is 0.339 e. The van der Waals surface area contributed by atoms with Crippen LogP contribution in [0.2, 0.25) is 0 Å². The smallest absolute Gasteiger partial charge is 0.254 e. The van der Waals surface area contributed by atoms with Gasteiger partial charge in [-0.1, -0.05) is 0 Å². The highest BCUT2D eigenvalue weighted by Gasteiger charge is 2.33. The van der Waals surface area contributed by atoms with Crippen molar-refractivity contribution in [2.75, 3.05) is 32.1 Å². The Labute approximate surface area is 164 Å². The molecule has 0 atom stereocenters. The number of nitrogens with zero attached hydrogens (tertiary/aromatic N) is 4. The summed E-state index contributed by atoms with van der Waals surface area (Å²) in [5.74, 6) is 0.277. The van der Waals surface area contributed by atoms with Crippen LogP contribution in [0.4, 0.5) is 0 Å². The van der Waals surface area contributed by atoms with Crippen molar-refractivity contribution in [3.05, 3.63) is 35.2 Å². The molecule has 3 rings (SSSR count). The molecule has 0 saturated carbocycles. The quantitative estimate of drug-likeness (QED) is 0.758. The lowest BCUT2D eigenvalue weighted by Crippen LogP contribution is -2.53. The highest BCUT2D eigenvalue weighted by atomic mass is 35.5. The maximum absolute atomic E-state index is 12.9. The van der Waals surface area contributed by atoms with Crippen molar-refractivity contribution in [1.29, 1.82) is 0 Å². The van der Waals surface area contributed by atoms with E-state index < -0.39 is 5.41 Å². The Morgan fingerprint density at radius 2 is 1.56 bits per heavy atom. The Bertz CT molecular complexity index is 889. The lowest BCUT2D eigenvalue weighted by atomic mass is 9.94. The van der Waals surface area contributed by atoms with Gasteiger partial charge in [-0.3, -0.25) is 9.59 Å². The van der Waals surface area contributed by atoms with E-state index in [1.807, 2.05) is 33.8 Å². The molecule has 0 aliphatic carbocycles. The molecule has 1 aliphatic rings. The van der Waals surface area contributed by atoms with Gasteiger partial charge in [-0.15, -0.1) is 11.6 Å². The van der Waals surface area contributed by atoms with Crippen LogP contribution in [0.1, 0.15) is 35.6 Å². The predicted molar refractivity (Wildman–Crippen MR) is 106 cm³/mol. The summed E-state index contributed by atoms with van der Waals surface area (Å²) >= 11 is 5.91. The van der Waals surface area contributed by atoms with E-state index in [1.165, 1.54) is 0 Å². The number of carbonyl (C=O) groups excluding carboxylic acids is 2. The molecule has 27 heavy (non-hydrogen) atoms. The molecule has 1 saturated heterocycles. The number of aryl methyl sites for hydroxylation is 2. The van der Waals surface area contributed by atoms with E-state index >= 15 is 0 Å². The summed E-state index contributed by atoms with van der Waals surface area (Å²) in [5.41, 5.74) is 3.28.